The van der Waals surface area contributed by atoms with Gasteiger partial charge in [0.2, 0.25) is 0 Å². The Morgan fingerprint density at radius 3 is 2.46 bits per heavy atom. The number of nitrogens with zero attached hydrogens (tertiary/aromatic N) is 2. The van der Waals surface area contributed by atoms with Crippen LogP contribution in [0, 0.1) is 0 Å². The van der Waals surface area contributed by atoms with Crippen LogP contribution in [0.1, 0.15) is 47.5 Å². The molecular formula is C28H39F3N4. The van der Waals surface area contributed by atoms with Gasteiger partial charge in [-0.15, -0.1) is 0 Å². The Morgan fingerprint density at radius 2 is 1.89 bits per heavy atom. The van der Waals surface area contributed by atoms with Crippen molar-refractivity contribution in [2.75, 3.05) is 32.7 Å². The smallest absolute Gasteiger partial charge is 0.380 e. The van der Waals surface area contributed by atoms with Gasteiger partial charge in [-0.05, 0) is 56.9 Å². The van der Waals surface area contributed by atoms with Gasteiger partial charge in [0, 0.05) is 38.9 Å². The van der Waals surface area contributed by atoms with Crippen molar-refractivity contribution in [2.45, 2.75) is 53.6 Å². The first-order chi connectivity index (χ1) is 16.7. The first kappa shape index (κ1) is 28.4. The van der Waals surface area contributed by atoms with Crippen molar-refractivity contribution in [1.82, 2.24) is 15.5 Å². The molecule has 0 aromatic carbocycles. The van der Waals surface area contributed by atoms with Gasteiger partial charge >= 0.3 is 6.18 Å². The quantitative estimate of drug-likeness (QED) is 0.371. The number of nitrogens with one attached hydrogen (secondary N) is 2. The average Bonchev–Trinajstić information content (AvgIpc) is 2.85. The molecule has 0 saturated carbocycles. The van der Waals surface area contributed by atoms with E-state index >= 15 is 0 Å². The van der Waals surface area contributed by atoms with Crippen LogP contribution < -0.4 is 10.6 Å². The predicted octanol–water partition coefficient (Wildman–Crippen LogP) is 6.36. The number of piperazine rings is 1. The summed E-state index contributed by atoms with van der Waals surface area (Å²) in [7, 11) is 0. The first-order valence-electron chi connectivity index (χ1n) is 12.4. The highest BCUT2D eigenvalue weighted by atomic mass is 19.4. The van der Waals surface area contributed by atoms with Gasteiger partial charge in [0.1, 0.15) is 0 Å². The van der Waals surface area contributed by atoms with Crippen LogP contribution >= 0.6 is 0 Å². The minimum Gasteiger partial charge on any atom is -0.380 e. The molecule has 1 aliphatic heterocycles. The van der Waals surface area contributed by atoms with Crippen LogP contribution in [0.3, 0.4) is 0 Å². The zero-order valence-electron chi connectivity index (χ0n) is 21.6. The summed E-state index contributed by atoms with van der Waals surface area (Å²) in [5, 5.41) is 6.54. The molecule has 192 valence electrons. The Morgan fingerprint density at radius 1 is 1.17 bits per heavy atom. The number of hydrogen-bond acceptors (Lipinski definition) is 4. The number of halogens is 3. The van der Waals surface area contributed by atoms with E-state index in [9.17, 15) is 13.2 Å². The van der Waals surface area contributed by atoms with Crippen molar-refractivity contribution in [3.63, 3.8) is 0 Å². The molecule has 2 N–H and O–H groups in total. The van der Waals surface area contributed by atoms with Gasteiger partial charge in [-0.1, -0.05) is 49.8 Å². The van der Waals surface area contributed by atoms with Gasteiger partial charge in [-0.2, -0.15) is 13.2 Å². The lowest BCUT2D eigenvalue weighted by Crippen LogP contribution is -2.45. The van der Waals surface area contributed by atoms with Gasteiger partial charge in [-0.3, -0.25) is 4.99 Å². The fourth-order valence-corrected chi connectivity index (χ4v) is 3.89. The number of aliphatic imine (C=N–C) groups is 1. The molecular weight excluding hydrogens is 449 g/mol. The fraction of sp³-hybridized carbons (Fsp3) is 0.464. The van der Waals surface area contributed by atoms with Crippen molar-refractivity contribution < 1.29 is 13.2 Å². The second kappa shape index (κ2) is 13.9. The topological polar surface area (TPSA) is 39.7 Å². The molecule has 0 atom stereocenters. The summed E-state index contributed by atoms with van der Waals surface area (Å²) in [6.07, 6.45) is 11.7. The Kier molecular flexibility index (Phi) is 11.3. The van der Waals surface area contributed by atoms with Gasteiger partial charge in [0.15, 0.2) is 0 Å². The number of hydrogen-bond donors (Lipinski definition) is 2. The molecule has 35 heavy (non-hydrogen) atoms. The van der Waals surface area contributed by atoms with Crippen LogP contribution in [0.25, 0.3) is 0 Å². The molecule has 4 nitrogen and oxygen atoms in total. The summed E-state index contributed by atoms with van der Waals surface area (Å²) >= 11 is 0. The molecule has 0 spiro atoms. The summed E-state index contributed by atoms with van der Waals surface area (Å²) < 4.78 is 43.0. The van der Waals surface area contributed by atoms with E-state index in [-0.39, 0.29) is 5.70 Å². The molecule has 7 heteroatoms. The molecule has 1 fully saturated rings. The summed E-state index contributed by atoms with van der Waals surface area (Å²) in [6, 6.07) is 0. The lowest BCUT2D eigenvalue weighted by Gasteiger charge is -2.35. The van der Waals surface area contributed by atoms with Crippen molar-refractivity contribution in [2.24, 2.45) is 4.99 Å². The monoisotopic (exact) mass is 488 g/mol. The Hall–Kier alpha value is -2.80. The maximum Gasteiger partial charge on any atom is 0.418 e. The molecule has 0 bridgehead atoms. The molecule has 2 rings (SSSR count). The van der Waals surface area contributed by atoms with Gasteiger partial charge in [0.25, 0.3) is 0 Å². The van der Waals surface area contributed by atoms with E-state index in [2.05, 4.69) is 28.6 Å². The Bertz CT molecular complexity index is 967. The van der Waals surface area contributed by atoms with E-state index in [1.807, 2.05) is 43.1 Å². The number of alkyl halides is 3. The Balaban J connectivity index is 2.45. The van der Waals surface area contributed by atoms with Gasteiger partial charge < -0.3 is 15.5 Å². The van der Waals surface area contributed by atoms with Crippen LogP contribution in [0.15, 0.2) is 87.4 Å². The molecule has 0 radical (unpaired) electrons. The largest absolute Gasteiger partial charge is 0.418 e. The van der Waals surface area contributed by atoms with E-state index in [1.54, 1.807) is 26.1 Å². The second-order valence-electron chi connectivity index (χ2n) is 8.51. The van der Waals surface area contributed by atoms with Crippen molar-refractivity contribution >= 4 is 5.71 Å². The molecule has 1 saturated heterocycles. The fourth-order valence-electron chi connectivity index (χ4n) is 3.89. The van der Waals surface area contributed by atoms with Crippen LogP contribution in [-0.4, -0.2) is 49.5 Å². The lowest BCUT2D eigenvalue weighted by atomic mass is 9.98. The van der Waals surface area contributed by atoms with Gasteiger partial charge in [-0.25, -0.2) is 0 Å². The Labute approximate surface area is 208 Å². The summed E-state index contributed by atoms with van der Waals surface area (Å²) in [5.41, 5.74) is 3.63. The lowest BCUT2D eigenvalue weighted by molar-refractivity contribution is -0.0902. The molecule has 0 unspecified atom stereocenters. The number of rotatable bonds is 9. The van der Waals surface area contributed by atoms with E-state index in [4.69, 9.17) is 0 Å². The summed E-state index contributed by atoms with van der Waals surface area (Å²) in [5.74, 6) is 0. The van der Waals surface area contributed by atoms with Crippen molar-refractivity contribution in [3.8, 4) is 0 Å². The summed E-state index contributed by atoms with van der Waals surface area (Å²) in [6.45, 7) is 12.1. The van der Waals surface area contributed by atoms with Crippen LogP contribution in [0.4, 0.5) is 13.2 Å². The maximum atomic E-state index is 14.3. The molecule has 2 aliphatic rings. The average molecular weight is 489 g/mol. The van der Waals surface area contributed by atoms with E-state index < -0.39 is 11.7 Å². The second-order valence-corrected chi connectivity index (χ2v) is 8.51. The maximum absolute atomic E-state index is 14.3. The van der Waals surface area contributed by atoms with Crippen LogP contribution in [-0.2, 0) is 0 Å². The predicted molar refractivity (Wildman–Crippen MR) is 141 cm³/mol. The van der Waals surface area contributed by atoms with E-state index in [1.165, 1.54) is 6.08 Å². The van der Waals surface area contributed by atoms with Crippen LogP contribution in [0.5, 0.6) is 0 Å². The van der Waals surface area contributed by atoms with Crippen molar-refractivity contribution in [1.29, 1.82) is 0 Å². The molecule has 1 aliphatic carbocycles. The van der Waals surface area contributed by atoms with E-state index in [0.717, 1.165) is 23.3 Å². The zero-order chi connectivity index (χ0) is 25.8. The highest BCUT2D eigenvalue weighted by Crippen LogP contribution is 2.34. The van der Waals surface area contributed by atoms with Crippen molar-refractivity contribution in [3.05, 3.63) is 82.4 Å². The zero-order valence-corrected chi connectivity index (χ0v) is 21.6. The molecule has 0 amide bonds. The standard InChI is InChI=1S/C28H39F3N4/c1-6-10-23-12-11-22(19-26(23)33-13-7-2)20-34-25(9-4)27(35-16-14-32-15-17-35)24(28(29,30)31)18-21(5)8-3/h7,9-13,18-19,32,34H,6,8,14-17,20H2,1-5H3/b13-7-,21-18+,23-10+,25-9+,27-24-,33-26+. The minimum absolute atomic E-state index is 0.212. The number of allylic oxidation sites excluding steroid dienone is 9. The molecule has 1 heterocycles. The molecule has 0 aromatic rings. The highest BCUT2D eigenvalue weighted by molar-refractivity contribution is 6.12. The SMILES string of the molecule is C\C=C/N=C1\C=C(CNC(=C/C)/C(=C(\C=C(/C)CC)C(F)(F)F)N2CCNCC2)C=C\C1=C/CC. The molecule has 0 aromatic heterocycles. The van der Waals surface area contributed by atoms with Gasteiger partial charge in [0.05, 0.1) is 22.7 Å². The first-order valence-corrected chi connectivity index (χ1v) is 12.4. The third kappa shape index (κ3) is 8.42. The highest BCUT2D eigenvalue weighted by Gasteiger charge is 2.37. The summed E-state index contributed by atoms with van der Waals surface area (Å²) in [4.78, 5) is 6.37. The third-order valence-corrected chi connectivity index (χ3v) is 5.85. The van der Waals surface area contributed by atoms with Crippen LogP contribution in [0.2, 0.25) is 0 Å². The minimum atomic E-state index is -4.47. The normalized spacial score (nSPS) is 21.1. The van der Waals surface area contributed by atoms with E-state index in [0.29, 0.717) is 50.4 Å². The third-order valence-electron chi connectivity index (χ3n) is 5.85.